The Kier molecular flexibility index (Phi) is 7.35. The fourth-order valence-corrected chi connectivity index (χ4v) is 4.52. The van der Waals surface area contributed by atoms with Crippen molar-refractivity contribution in [3.63, 3.8) is 0 Å². The molecule has 3 N–H and O–H groups in total. The van der Waals surface area contributed by atoms with E-state index in [4.69, 9.17) is 10.7 Å². The number of carbonyl (C=O) groups excluding carboxylic acids is 2. The molecule has 3 amide bonds. The zero-order valence-corrected chi connectivity index (χ0v) is 19.5. The minimum Gasteiger partial charge on any atom is -0.351 e. The van der Waals surface area contributed by atoms with E-state index in [1.54, 1.807) is 18.2 Å². The first-order valence-electron chi connectivity index (χ1n) is 10.6. The van der Waals surface area contributed by atoms with Crippen LogP contribution in [0.4, 0.5) is 4.79 Å². The number of nitrogens with one attached hydrogen (secondary N) is 1. The molecule has 2 unspecified atom stereocenters. The van der Waals surface area contributed by atoms with Crippen LogP contribution in [0.15, 0.2) is 58.5 Å². The van der Waals surface area contributed by atoms with E-state index in [9.17, 15) is 14.4 Å². The standard InChI is InChI=1S/C24H28N4O3S/c1-5-15(4)16-10-12-17(13-11-16)28-22(30)18-8-6-7-9-19(18)26-24(28)32-20(14(2)3)21(29)27-23(25)31/h6-15,20H,5H2,1-4H3,(H3,25,27,29,31). The van der Waals surface area contributed by atoms with Gasteiger partial charge < -0.3 is 5.73 Å². The van der Waals surface area contributed by atoms with Crippen molar-refractivity contribution in [1.29, 1.82) is 0 Å². The Bertz CT molecular complexity index is 1190. The minimum absolute atomic E-state index is 0.135. The van der Waals surface area contributed by atoms with Gasteiger partial charge in [0.15, 0.2) is 5.16 Å². The quantitative estimate of drug-likeness (QED) is 0.412. The van der Waals surface area contributed by atoms with Crippen LogP contribution in [-0.4, -0.2) is 26.7 Å². The molecule has 2 aromatic carbocycles. The number of fused-ring (bicyclic) bond motifs is 1. The van der Waals surface area contributed by atoms with Crippen LogP contribution in [0.2, 0.25) is 0 Å². The van der Waals surface area contributed by atoms with Gasteiger partial charge in [-0.25, -0.2) is 9.78 Å². The zero-order chi connectivity index (χ0) is 23.4. The summed E-state index contributed by atoms with van der Waals surface area (Å²) in [6.07, 6.45) is 1.02. The van der Waals surface area contributed by atoms with Gasteiger partial charge in [-0.1, -0.05) is 63.7 Å². The highest BCUT2D eigenvalue weighted by Crippen LogP contribution is 2.30. The van der Waals surface area contributed by atoms with Crippen molar-refractivity contribution < 1.29 is 9.59 Å². The number of carbonyl (C=O) groups is 2. The van der Waals surface area contributed by atoms with Crippen LogP contribution in [-0.2, 0) is 4.79 Å². The lowest BCUT2D eigenvalue weighted by molar-refractivity contribution is -0.120. The van der Waals surface area contributed by atoms with Gasteiger partial charge in [0.2, 0.25) is 5.91 Å². The second-order valence-corrected chi connectivity index (χ2v) is 9.20. The second kappa shape index (κ2) is 9.99. The summed E-state index contributed by atoms with van der Waals surface area (Å²) in [6.45, 7) is 8.02. The number of thioether (sulfide) groups is 1. The average molecular weight is 453 g/mol. The molecule has 0 saturated heterocycles. The average Bonchev–Trinajstić information content (AvgIpc) is 2.76. The number of rotatable bonds is 7. The Labute approximate surface area is 191 Å². The summed E-state index contributed by atoms with van der Waals surface area (Å²) in [5, 5.41) is 2.35. The summed E-state index contributed by atoms with van der Waals surface area (Å²) in [4.78, 5) is 42.0. The lowest BCUT2D eigenvalue weighted by atomic mass is 9.98. The third kappa shape index (κ3) is 5.02. The van der Waals surface area contributed by atoms with Gasteiger partial charge in [0.25, 0.3) is 5.56 Å². The number of nitrogens with zero attached hydrogens (tertiary/aromatic N) is 2. The van der Waals surface area contributed by atoms with Gasteiger partial charge in [-0.05, 0) is 48.1 Å². The lowest BCUT2D eigenvalue weighted by Crippen LogP contribution is -2.42. The molecule has 0 aliphatic heterocycles. The van der Waals surface area contributed by atoms with Crippen LogP contribution in [0.5, 0.6) is 0 Å². The van der Waals surface area contributed by atoms with Gasteiger partial charge >= 0.3 is 6.03 Å². The fourth-order valence-electron chi connectivity index (χ4n) is 3.41. The molecule has 1 heterocycles. The first-order valence-corrected chi connectivity index (χ1v) is 11.5. The van der Waals surface area contributed by atoms with Gasteiger partial charge in [-0.3, -0.25) is 19.5 Å². The molecule has 0 saturated carbocycles. The number of urea groups is 1. The molecule has 32 heavy (non-hydrogen) atoms. The molecule has 2 atom stereocenters. The molecular weight excluding hydrogens is 424 g/mol. The predicted octanol–water partition coefficient (Wildman–Crippen LogP) is 4.21. The van der Waals surface area contributed by atoms with E-state index in [2.05, 4.69) is 19.2 Å². The number of primary amides is 1. The minimum atomic E-state index is -0.911. The summed E-state index contributed by atoms with van der Waals surface area (Å²) < 4.78 is 1.53. The maximum Gasteiger partial charge on any atom is 0.318 e. The lowest BCUT2D eigenvalue weighted by Gasteiger charge is -2.21. The van der Waals surface area contributed by atoms with Gasteiger partial charge in [-0.2, -0.15) is 0 Å². The number of benzene rings is 2. The largest absolute Gasteiger partial charge is 0.351 e. The number of hydrogen-bond acceptors (Lipinski definition) is 5. The molecule has 0 radical (unpaired) electrons. The number of nitrogens with two attached hydrogens (primary N) is 1. The Morgan fingerprint density at radius 2 is 1.75 bits per heavy atom. The molecule has 7 nitrogen and oxygen atoms in total. The van der Waals surface area contributed by atoms with Crippen molar-refractivity contribution in [2.45, 2.75) is 50.4 Å². The molecule has 3 aromatic rings. The summed E-state index contributed by atoms with van der Waals surface area (Å²) in [7, 11) is 0. The Morgan fingerprint density at radius 3 is 2.34 bits per heavy atom. The maximum absolute atomic E-state index is 13.5. The highest BCUT2D eigenvalue weighted by molar-refractivity contribution is 8.00. The van der Waals surface area contributed by atoms with Crippen molar-refractivity contribution in [2.24, 2.45) is 11.7 Å². The van der Waals surface area contributed by atoms with E-state index in [1.807, 2.05) is 44.2 Å². The number of hydrogen-bond donors (Lipinski definition) is 2. The zero-order valence-electron chi connectivity index (χ0n) is 18.7. The molecule has 0 aliphatic carbocycles. The SMILES string of the molecule is CCC(C)c1ccc(-n2c(SC(C(=O)NC(N)=O)C(C)C)nc3ccccc3c2=O)cc1. The van der Waals surface area contributed by atoms with E-state index in [-0.39, 0.29) is 11.5 Å². The first-order chi connectivity index (χ1) is 15.2. The first kappa shape index (κ1) is 23.5. The predicted molar refractivity (Wildman–Crippen MR) is 128 cm³/mol. The summed E-state index contributed by atoms with van der Waals surface area (Å²) in [6, 6.07) is 14.0. The summed E-state index contributed by atoms with van der Waals surface area (Å²) in [5.41, 5.74) is 7.33. The molecule has 1 aromatic heterocycles. The topological polar surface area (TPSA) is 107 Å². The van der Waals surface area contributed by atoms with E-state index in [0.717, 1.165) is 18.2 Å². The van der Waals surface area contributed by atoms with Crippen LogP contribution in [0.25, 0.3) is 16.6 Å². The molecule has 0 fully saturated rings. The molecule has 0 spiro atoms. The van der Waals surface area contributed by atoms with Crippen molar-refractivity contribution in [1.82, 2.24) is 14.9 Å². The number of aromatic nitrogens is 2. The van der Waals surface area contributed by atoms with E-state index in [1.165, 1.54) is 10.1 Å². The number of amides is 3. The third-order valence-electron chi connectivity index (χ3n) is 5.42. The van der Waals surface area contributed by atoms with Crippen LogP contribution >= 0.6 is 11.8 Å². The van der Waals surface area contributed by atoms with Gasteiger partial charge in [-0.15, -0.1) is 0 Å². The van der Waals surface area contributed by atoms with E-state index >= 15 is 0 Å². The molecule has 0 bridgehead atoms. The second-order valence-electron chi connectivity index (χ2n) is 8.09. The Morgan fingerprint density at radius 1 is 1.09 bits per heavy atom. The van der Waals surface area contributed by atoms with Crippen molar-refractivity contribution in [3.05, 3.63) is 64.4 Å². The summed E-state index contributed by atoms with van der Waals surface area (Å²) in [5.74, 6) is -0.241. The molecule has 168 valence electrons. The number of para-hydroxylation sites is 1. The van der Waals surface area contributed by atoms with Gasteiger partial charge in [0.05, 0.1) is 21.8 Å². The normalized spacial score (nSPS) is 13.2. The van der Waals surface area contributed by atoms with E-state index in [0.29, 0.717) is 27.7 Å². The van der Waals surface area contributed by atoms with Crippen molar-refractivity contribution in [3.8, 4) is 5.69 Å². The van der Waals surface area contributed by atoms with Crippen molar-refractivity contribution in [2.75, 3.05) is 0 Å². The van der Waals surface area contributed by atoms with Crippen LogP contribution < -0.4 is 16.6 Å². The third-order valence-corrected chi connectivity index (χ3v) is 6.92. The molecule has 3 rings (SSSR count). The number of imide groups is 1. The fraction of sp³-hybridized carbons (Fsp3) is 0.333. The smallest absolute Gasteiger partial charge is 0.318 e. The maximum atomic E-state index is 13.5. The molecular formula is C24H28N4O3S. The summed E-state index contributed by atoms with van der Waals surface area (Å²) >= 11 is 1.14. The Hall–Kier alpha value is -3.13. The van der Waals surface area contributed by atoms with E-state index < -0.39 is 17.2 Å². The van der Waals surface area contributed by atoms with Crippen LogP contribution in [0.1, 0.15) is 45.6 Å². The van der Waals surface area contributed by atoms with Gasteiger partial charge in [0.1, 0.15) is 0 Å². The molecule has 8 heteroatoms. The highest BCUT2D eigenvalue weighted by Gasteiger charge is 2.27. The van der Waals surface area contributed by atoms with Gasteiger partial charge in [0, 0.05) is 0 Å². The highest BCUT2D eigenvalue weighted by atomic mass is 32.2. The molecule has 0 aliphatic rings. The van der Waals surface area contributed by atoms with Crippen LogP contribution in [0.3, 0.4) is 0 Å². The van der Waals surface area contributed by atoms with Crippen molar-refractivity contribution >= 4 is 34.6 Å². The monoisotopic (exact) mass is 452 g/mol. The van der Waals surface area contributed by atoms with Crippen LogP contribution in [0, 0.1) is 5.92 Å². The Balaban J connectivity index is 2.15.